The smallest absolute Gasteiger partial charge is 0.409 e. The minimum Gasteiger partial charge on any atom is -0.490 e. The number of esters is 1. The third kappa shape index (κ3) is 7.03. The van der Waals surface area contributed by atoms with Crippen LogP contribution in [0.3, 0.4) is 0 Å². The molecule has 2 aliphatic heterocycles. The van der Waals surface area contributed by atoms with Crippen LogP contribution in [-0.4, -0.2) is 65.7 Å². The van der Waals surface area contributed by atoms with Crippen LogP contribution in [0.15, 0.2) is 29.5 Å². The molecule has 0 fully saturated rings. The third-order valence-electron chi connectivity index (χ3n) is 5.78. The lowest BCUT2D eigenvalue weighted by molar-refractivity contribution is -0.139. The van der Waals surface area contributed by atoms with Crippen molar-refractivity contribution >= 4 is 26.2 Å². The molecule has 0 atom stereocenters. The summed E-state index contributed by atoms with van der Waals surface area (Å²) in [6.45, 7) is 8.51. The van der Waals surface area contributed by atoms with E-state index in [1.54, 1.807) is 11.0 Å². The van der Waals surface area contributed by atoms with Gasteiger partial charge in [-0.05, 0) is 60.2 Å². The molecule has 0 radical (unpaired) electrons. The second-order valence-electron chi connectivity index (χ2n) is 9.59. The predicted octanol–water partition coefficient (Wildman–Crippen LogP) is 4.62. The Balaban J connectivity index is 1.87. The Labute approximate surface area is 202 Å². The van der Waals surface area contributed by atoms with Gasteiger partial charge in [-0.3, -0.25) is 0 Å². The van der Waals surface area contributed by atoms with Crippen molar-refractivity contribution in [3.05, 3.63) is 40.7 Å². The molecule has 9 heteroatoms. The number of carbonyl (C=O) groups is 2. The zero-order chi connectivity index (χ0) is 24.7. The van der Waals surface area contributed by atoms with Crippen LogP contribution < -0.4 is 9.47 Å². The quantitative estimate of drug-likeness (QED) is 0.250. The minimum atomic E-state index is -1.29. The van der Waals surface area contributed by atoms with E-state index in [0.717, 1.165) is 22.7 Å². The molecule has 1 aromatic carbocycles. The monoisotopic (exact) mass is 489 g/mol. The highest BCUT2D eigenvalue weighted by Gasteiger charge is 2.22. The first-order valence-corrected chi connectivity index (χ1v) is 15.3. The Morgan fingerprint density at radius 1 is 1.06 bits per heavy atom. The summed E-state index contributed by atoms with van der Waals surface area (Å²) in [6, 6.07) is 4.83. The van der Waals surface area contributed by atoms with Crippen molar-refractivity contribution in [1.82, 2.24) is 4.90 Å². The van der Waals surface area contributed by atoms with Gasteiger partial charge in [0.05, 0.1) is 20.8 Å². The third-order valence-corrected chi connectivity index (χ3v) is 7.48. The molecule has 186 valence electrons. The molecule has 0 aromatic heterocycles. The summed E-state index contributed by atoms with van der Waals surface area (Å²) < 4.78 is 26.8. The summed E-state index contributed by atoms with van der Waals surface area (Å²) in [7, 11) is 1.47. The fourth-order valence-electron chi connectivity index (χ4n) is 3.77. The molecule has 8 nitrogen and oxygen atoms in total. The second-order valence-corrected chi connectivity index (χ2v) is 15.2. The molecule has 2 heterocycles. The topological polar surface area (TPSA) is 83.5 Å². The average molecular weight is 490 g/mol. The van der Waals surface area contributed by atoms with Gasteiger partial charge < -0.3 is 28.6 Å². The number of carbonyl (C=O) groups excluding carboxylic acids is 2. The standard InChI is InChI=1S/C25H35NO7Si/c1-29-23(24(27)30-2)14-18-7-6-9-26(25(28)31-11-12-34(3,4)5)10-8-19-15-21-22(33-17-32-21)16-20(19)13-18/h13-16H,6-12,17H2,1-5H3/b18-13+,23-14+. The van der Waals surface area contributed by atoms with Gasteiger partial charge in [0, 0.05) is 21.2 Å². The molecule has 0 N–H and O–H groups in total. The summed E-state index contributed by atoms with van der Waals surface area (Å²) in [6.07, 6.45) is 5.42. The van der Waals surface area contributed by atoms with Gasteiger partial charge in [0.1, 0.15) is 0 Å². The molecule has 0 unspecified atom stereocenters. The molecule has 1 amide bonds. The predicted molar refractivity (Wildman–Crippen MR) is 132 cm³/mol. The van der Waals surface area contributed by atoms with Crippen LogP contribution >= 0.6 is 0 Å². The molecule has 0 bridgehead atoms. The summed E-state index contributed by atoms with van der Waals surface area (Å²) in [4.78, 5) is 26.7. The van der Waals surface area contributed by atoms with Gasteiger partial charge in [0.2, 0.25) is 12.6 Å². The van der Waals surface area contributed by atoms with Crippen LogP contribution in [0, 0.1) is 0 Å². The summed E-state index contributed by atoms with van der Waals surface area (Å²) in [5.41, 5.74) is 2.86. The number of hydrogen-bond acceptors (Lipinski definition) is 7. The Morgan fingerprint density at radius 3 is 2.47 bits per heavy atom. The van der Waals surface area contributed by atoms with E-state index in [4.69, 9.17) is 23.7 Å². The van der Waals surface area contributed by atoms with Crippen molar-refractivity contribution in [1.29, 1.82) is 0 Å². The molecule has 0 saturated carbocycles. The highest BCUT2D eigenvalue weighted by molar-refractivity contribution is 6.76. The molecular weight excluding hydrogens is 454 g/mol. The fourth-order valence-corrected chi connectivity index (χ4v) is 4.48. The van der Waals surface area contributed by atoms with Gasteiger partial charge in [0.15, 0.2) is 11.5 Å². The lowest BCUT2D eigenvalue weighted by Gasteiger charge is -2.25. The SMILES string of the molecule is COC(=O)/C(=C\C1=C\c2cc3c(cc2CCN(C(=O)OCC[Si](C)(C)C)CCC1)OCO3)OC. The molecule has 1 aromatic rings. The van der Waals surface area contributed by atoms with Crippen molar-refractivity contribution < 1.29 is 33.3 Å². The number of hydrogen-bond donors (Lipinski definition) is 0. The van der Waals surface area contributed by atoms with Crippen LogP contribution in [0.5, 0.6) is 11.5 Å². The van der Waals surface area contributed by atoms with Crippen molar-refractivity contribution in [3.8, 4) is 11.5 Å². The molecule has 3 rings (SSSR count). The van der Waals surface area contributed by atoms with Gasteiger partial charge in [-0.15, -0.1) is 0 Å². The molecule has 0 aliphatic carbocycles. The lowest BCUT2D eigenvalue weighted by Crippen LogP contribution is -2.35. The first-order chi connectivity index (χ1) is 16.2. The zero-order valence-corrected chi connectivity index (χ0v) is 21.8. The van der Waals surface area contributed by atoms with E-state index in [2.05, 4.69) is 19.6 Å². The maximum Gasteiger partial charge on any atom is 0.409 e. The number of ether oxygens (including phenoxy) is 5. The molecule has 0 spiro atoms. The Kier molecular flexibility index (Phi) is 8.65. The molecule has 2 aliphatic rings. The van der Waals surface area contributed by atoms with Crippen molar-refractivity contribution in [2.45, 2.75) is 44.9 Å². The highest BCUT2D eigenvalue weighted by atomic mass is 28.3. The summed E-state index contributed by atoms with van der Waals surface area (Å²) in [5.74, 6) is 0.949. The fraction of sp³-hybridized carbons (Fsp3) is 0.520. The molecular formula is C25H35NO7Si. The van der Waals surface area contributed by atoms with Crippen LogP contribution in [0.25, 0.3) is 6.08 Å². The van der Waals surface area contributed by atoms with E-state index in [1.165, 1.54) is 14.2 Å². The Hall–Kier alpha value is -2.94. The number of nitrogens with zero attached hydrogens (tertiary/aromatic N) is 1. The van der Waals surface area contributed by atoms with Crippen LogP contribution in [0.1, 0.15) is 24.0 Å². The normalized spacial score (nSPS) is 17.9. The molecule has 34 heavy (non-hydrogen) atoms. The second kappa shape index (κ2) is 11.5. The van der Waals surface area contributed by atoms with E-state index in [-0.39, 0.29) is 18.6 Å². The summed E-state index contributed by atoms with van der Waals surface area (Å²) in [5, 5.41) is 0. The lowest BCUT2D eigenvalue weighted by atomic mass is 9.97. The van der Waals surface area contributed by atoms with Crippen LogP contribution in [0.4, 0.5) is 4.79 Å². The maximum atomic E-state index is 12.8. The zero-order valence-electron chi connectivity index (χ0n) is 20.8. The largest absolute Gasteiger partial charge is 0.490 e. The van der Waals surface area contributed by atoms with Crippen molar-refractivity contribution in [2.75, 3.05) is 40.7 Å². The van der Waals surface area contributed by atoms with Gasteiger partial charge >= 0.3 is 12.1 Å². The van der Waals surface area contributed by atoms with E-state index in [0.29, 0.717) is 50.5 Å². The average Bonchev–Trinajstić information content (AvgIpc) is 3.24. The Bertz CT molecular complexity index is 965. The first-order valence-electron chi connectivity index (χ1n) is 11.6. The van der Waals surface area contributed by atoms with Crippen LogP contribution in [0.2, 0.25) is 25.7 Å². The highest BCUT2D eigenvalue weighted by Crippen LogP contribution is 2.36. The summed E-state index contributed by atoms with van der Waals surface area (Å²) >= 11 is 0. The number of allylic oxidation sites excluding steroid dienone is 2. The van der Waals surface area contributed by atoms with E-state index >= 15 is 0 Å². The number of rotatable bonds is 6. The maximum absolute atomic E-state index is 12.8. The number of amides is 1. The minimum absolute atomic E-state index is 0.121. The number of methoxy groups -OCH3 is 2. The molecule has 0 saturated heterocycles. The van der Waals surface area contributed by atoms with Crippen molar-refractivity contribution in [3.63, 3.8) is 0 Å². The first kappa shape index (κ1) is 25.7. The van der Waals surface area contributed by atoms with E-state index < -0.39 is 14.0 Å². The van der Waals surface area contributed by atoms with E-state index in [9.17, 15) is 9.59 Å². The van der Waals surface area contributed by atoms with Gasteiger partial charge in [0.25, 0.3) is 0 Å². The number of fused-ring (bicyclic) bond motifs is 2. The van der Waals surface area contributed by atoms with Gasteiger partial charge in [-0.25, -0.2) is 9.59 Å². The van der Waals surface area contributed by atoms with Crippen LogP contribution in [-0.2, 0) is 25.4 Å². The Morgan fingerprint density at radius 2 is 1.79 bits per heavy atom. The van der Waals surface area contributed by atoms with Gasteiger partial charge in [-0.2, -0.15) is 0 Å². The van der Waals surface area contributed by atoms with Crippen molar-refractivity contribution in [2.24, 2.45) is 0 Å². The number of benzene rings is 1. The van der Waals surface area contributed by atoms with E-state index in [1.807, 2.05) is 18.2 Å². The van der Waals surface area contributed by atoms with Gasteiger partial charge in [-0.1, -0.05) is 25.7 Å².